The summed E-state index contributed by atoms with van der Waals surface area (Å²) in [5.74, 6) is -1.04. The van der Waals surface area contributed by atoms with Gasteiger partial charge in [0.05, 0.1) is 0 Å². The van der Waals surface area contributed by atoms with Crippen molar-refractivity contribution in [2.24, 2.45) is 0 Å². The number of rotatable bonds is 4. The van der Waals surface area contributed by atoms with Crippen LogP contribution in [0.2, 0.25) is 0 Å². The molecule has 1 saturated carbocycles. The summed E-state index contributed by atoms with van der Waals surface area (Å²) < 4.78 is 1.79. The van der Waals surface area contributed by atoms with E-state index in [2.05, 4.69) is 6.26 Å². The molecule has 1 fully saturated rings. The summed E-state index contributed by atoms with van der Waals surface area (Å²) in [5, 5.41) is 9.94. The third kappa shape index (κ3) is 3.03. The van der Waals surface area contributed by atoms with E-state index in [4.69, 9.17) is 0 Å². The molecule has 4 nitrogen and oxygen atoms in total. The van der Waals surface area contributed by atoms with Crippen LogP contribution in [0.4, 0.5) is 0 Å². The fraction of sp³-hybridized carbons (Fsp3) is 0.571. The number of hydrogen-bond acceptors (Lipinski definition) is 3. The van der Waals surface area contributed by atoms with Crippen molar-refractivity contribution in [2.45, 2.75) is 43.9 Å². The molecule has 1 N–H and O–H groups in total. The minimum Gasteiger partial charge on any atom is -0.477 e. The van der Waals surface area contributed by atoms with Crippen molar-refractivity contribution in [1.29, 1.82) is 0 Å². The number of carbonyl (C=O) groups excluding carboxylic acids is 1. The topological polar surface area (TPSA) is 59.3 Å². The lowest BCUT2D eigenvalue weighted by Crippen LogP contribution is -2.21. The highest BCUT2D eigenvalue weighted by Crippen LogP contribution is 2.34. The number of Topliss-reactive ketones (excluding diaryl/α,β-unsaturated/α-hetero) is 1. The van der Waals surface area contributed by atoms with Gasteiger partial charge in [-0.1, -0.05) is 0 Å². The summed E-state index contributed by atoms with van der Waals surface area (Å²) in [5.41, 5.74) is 0.724. The third-order valence-corrected chi connectivity index (χ3v) is 4.98. The van der Waals surface area contributed by atoms with Gasteiger partial charge in [-0.3, -0.25) is 4.79 Å². The zero-order valence-corrected chi connectivity index (χ0v) is 12.1. The molecule has 1 heterocycles. The van der Waals surface area contributed by atoms with E-state index in [1.54, 1.807) is 10.8 Å². The van der Waals surface area contributed by atoms with Crippen LogP contribution in [0.15, 0.2) is 12.3 Å². The van der Waals surface area contributed by atoms with Crippen LogP contribution in [-0.4, -0.2) is 32.9 Å². The fourth-order valence-electron chi connectivity index (χ4n) is 2.70. The molecule has 0 radical (unpaired) electrons. The van der Waals surface area contributed by atoms with Crippen LogP contribution < -0.4 is 0 Å². The summed E-state index contributed by atoms with van der Waals surface area (Å²) in [6, 6.07) is 1.70. The highest BCUT2D eigenvalue weighted by atomic mass is 32.2. The smallest absolute Gasteiger partial charge is 0.352 e. The second kappa shape index (κ2) is 5.82. The number of ketones is 1. The summed E-state index contributed by atoms with van der Waals surface area (Å²) in [4.78, 5) is 22.7. The number of carboxylic acids is 1. The fourth-order valence-corrected chi connectivity index (χ4v) is 3.45. The van der Waals surface area contributed by atoms with E-state index in [-0.39, 0.29) is 17.5 Å². The molecule has 0 aromatic carbocycles. The van der Waals surface area contributed by atoms with Gasteiger partial charge in [0.25, 0.3) is 0 Å². The number of carbonyl (C=O) groups is 2. The maximum atomic E-state index is 11.4. The molecule has 19 heavy (non-hydrogen) atoms. The molecule has 5 heteroatoms. The molecule has 0 aliphatic heterocycles. The maximum absolute atomic E-state index is 11.4. The van der Waals surface area contributed by atoms with Crippen molar-refractivity contribution >= 4 is 23.5 Å². The predicted molar refractivity (Wildman–Crippen MR) is 76.2 cm³/mol. The summed E-state index contributed by atoms with van der Waals surface area (Å²) >= 11 is 1.88. The van der Waals surface area contributed by atoms with Gasteiger partial charge in [-0.2, -0.15) is 11.8 Å². The Balaban J connectivity index is 2.24. The van der Waals surface area contributed by atoms with Crippen LogP contribution in [0.5, 0.6) is 0 Å². The summed E-state index contributed by atoms with van der Waals surface area (Å²) in [6.07, 6.45) is 8.01. The molecule has 0 unspecified atom stereocenters. The van der Waals surface area contributed by atoms with E-state index in [0.717, 1.165) is 25.7 Å². The lowest BCUT2D eigenvalue weighted by molar-refractivity contribution is 0.0681. The maximum Gasteiger partial charge on any atom is 0.352 e. The molecule has 104 valence electrons. The minimum absolute atomic E-state index is 0.0842. The number of nitrogens with zero attached hydrogens (tertiary/aromatic N) is 1. The van der Waals surface area contributed by atoms with Crippen LogP contribution in [0.3, 0.4) is 0 Å². The monoisotopic (exact) mass is 281 g/mol. The first-order valence-electron chi connectivity index (χ1n) is 6.51. The molecule has 0 amide bonds. The Labute approximate surface area is 117 Å². The van der Waals surface area contributed by atoms with Gasteiger partial charge in [-0.15, -0.1) is 0 Å². The second-order valence-corrected chi connectivity index (χ2v) is 6.19. The Hall–Kier alpha value is -1.23. The van der Waals surface area contributed by atoms with Crippen LogP contribution in [0.1, 0.15) is 59.5 Å². The predicted octanol–water partition coefficient (Wildman–Crippen LogP) is 3.24. The zero-order chi connectivity index (χ0) is 14.0. The van der Waals surface area contributed by atoms with Crippen molar-refractivity contribution < 1.29 is 14.7 Å². The van der Waals surface area contributed by atoms with E-state index in [0.29, 0.717) is 10.8 Å². The quantitative estimate of drug-likeness (QED) is 0.861. The molecular formula is C14H19NO3S. The highest BCUT2D eigenvalue weighted by molar-refractivity contribution is 7.99. The van der Waals surface area contributed by atoms with E-state index in [1.165, 1.54) is 13.0 Å². The standard InChI is InChI=1S/C14H19NO3S/c1-9(16)10-7-13(14(17)18)15(8-10)11-3-5-12(19-2)6-4-11/h7-8,11-12H,3-6H2,1-2H3,(H,17,18). The van der Waals surface area contributed by atoms with E-state index < -0.39 is 5.97 Å². The molecule has 0 atom stereocenters. The molecule has 1 aromatic rings. The number of carboxylic acid groups (broad SMARTS) is 1. The van der Waals surface area contributed by atoms with Gasteiger partial charge in [0.1, 0.15) is 5.69 Å². The van der Waals surface area contributed by atoms with Gasteiger partial charge >= 0.3 is 5.97 Å². The van der Waals surface area contributed by atoms with Crippen LogP contribution >= 0.6 is 11.8 Å². The lowest BCUT2D eigenvalue weighted by Gasteiger charge is -2.29. The van der Waals surface area contributed by atoms with Gasteiger partial charge in [-0.05, 0) is 44.9 Å². The molecule has 1 aliphatic rings. The van der Waals surface area contributed by atoms with Crippen molar-refractivity contribution in [1.82, 2.24) is 4.57 Å². The van der Waals surface area contributed by atoms with Gasteiger partial charge in [-0.25, -0.2) is 4.79 Å². The zero-order valence-electron chi connectivity index (χ0n) is 11.3. The van der Waals surface area contributed by atoms with E-state index in [1.807, 2.05) is 11.8 Å². The molecule has 1 aliphatic carbocycles. The van der Waals surface area contributed by atoms with Gasteiger partial charge in [0.15, 0.2) is 5.78 Å². The summed E-state index contributed by atoms with van der Waals surface area (Å²) in [7, 11) is 0. The minimum atomic E-state index is -0.959. The molecule has 2 rings (SSSR count). The van der Waals surface area contributed by atoms with Gasteiger partial charge < -0.3 is 9.67 Å². The van der Waals surface area contributed by atoms with E-state index >= 15 is 0 Å². The highest BCUT2D eigenvalue weighted by Gasteiger charge is 2.25. The van der Waals surface area contributed by atoms with Crippen molar-refractivity contribution in [3.05, 3.63) is 23.5 Å². The number of hydrogen-bond donors (Lipinski definition) is 1. The first-order chi connectivity index (χ1) is 9.02. The largest absolute Gasteiger partial charge is 0.477 e. The normalized spacial score (nSPS) is 23.3. The molecule has 0 bridgehead atoms. The Morgan fingerprint density at radius 3 is 2.42 bits per heavy atom. The second-order valence-electron chi connectivity index (χ2n) is 5.05. The average molecular weight is 281 g/mol. The van der Waals surface area contributed by atoms with Crippen LogP contribution in [-0.2, 0) is 0 Å². The number of aromatic carboxylic acids is 1. The Morgan fingerprint density at radius 1 is 1.32 bits per heavy atom. The number of aromatic nitrogens is 1. The van der Waals surface area contributed by atoms with Crippen molar-refractivity contribution in [2.75, 3.05) is 6.26 Å². The SMILES string of the molecule is CSC1CCC(n2cc(C(C)=O)cc2C(=O)O)CC1. The average Bonchev–Trinajstić information content (AvgIpc) is 2.84. The molecule has 1 aromatic heterocycles. The third-order valence-electron chi connectivity index (χ3n) is 3.84. The molecule has 0 saturated heterocycles. The van der Waals surface area contributed by atoms with Crippen LogP contribution in [0, 0.1) is 0 Å². The Morgan fingerprint density at radius 2 is 1.95 bits per heavy atom. The van der Waals surface area contributed by atoms with Crippen LogP contribution in [0.25, 0.3) is 0 Å². The van der Waals surface area contributed by atoms with Gasteiger partial charge in [0, 0.05) is 23.1 Å². The molecular weight excluding hydrogens is 262 g/mol. The Kier molecular flexibility index (Phi) is 4.34. The van der Waals surface area contributed by atoms with Gasteiger partial charge in [0.2, 0.25) is 0 Å². The Bertz CT molecular complexity index is 487. The van der Waals surface area contributed by atoms with Crippen molar-refractivity contribution in [3.8, 4) is 0 Å². The first-order valence-corrected chi connectivity index (χ1v) is 7.80. The summed E-state index contributed by atoms with van der Waals surface area (Å²) in [6.45, 7) is 1.47. The van der Waals surface area contributed by atoms with Crippen molar-refractivity contribution in [3.63, 3.8) is 0 Å². The molecule has 0 spiro atoms. The van der Waals surface area contributed by atoms with E-state index in [9.17, 15) is 14.7 Å². The lowest BCUT2D eigenvalue weighted by atomic mass is 9.94. The number of thioether (sulfide) groups is 1. The first kappa shape index (κ1) is 14.2.